The van der Waals surface area contributed by atoms with Crippen LogP contribution in [0.3, 0.4) is 0 Å². The number of methoxy groups -OCH3 is 1. The van der Waals surface area contributed by atoms with Gasteiger partial charge in [-0.15, -0.1) is 0 Å². The molecule has 1 heterocycles. The third-order valence-corrected chi connectivity index (χ3v) is 3.05. The van der Waals surface area contributed by atoms with Crippen molar-refractivity contribution in [1.29, 1.82) is 0 Å². The first-order valence-electron chi connectivity index (χ1n) is 6.62. The van der Waals surface area contributed by atoms with E-state index in [0.29, 0.717) is 13.1 Å². The Hall–Kier alpha value is -2.25. The first-order chi connectivity index (χ1) is 10.2. The van der Waals surface area contributed by atoms with Crippen molar-refractivity contribution in [3.05, 3.63) is 48.0 Å². The standard InChI is InChI=1S/C14H19N5O2/c1-21-8-13(15)14(20)17-6-11-4-2-3-5-12(11)7-19-10-16-9-18-19/h2-5,9-10,13H,6-8,15H2,1H3,(H,17,20). The molecule has 0 saturated heterocycles. The van der Waals surface area contributed by atoms with E-state index in [-0.39, 0.29) is 12.5 Å². The van der Waals surface area contributed by atoms with Crippen LogP contribution in [0, 0.1) is 0 Å². The molecule has 3 N–H and O–H groups in total. The fourth-order valence-electron chi connectivity index (χ4n) is 1.94. The van der Waals surface area contributed by atoms with Crippen LogP contribution in [0.1, 0.15) is 11.1 Å². The van der Waals surface area contributed by atoms with Crippen LogP contribution in [0.15, 0.2) is 36.9 Å². The molecule has 1 aromatic carbocycles. The Labute approximate surface area is 123 Å². The summed E-state index contributed by atoms with van der Waals surface area (Å²) < 4.78 is 6.60. The topological polar surface area (TPSA) is 95.1 Å². The van der Waals surface area contributed by atoms with Gasteiger partial charge >= 0.3 is 0 Å². The van der Waals surface area contributed by atoms with Gasteiger partial charge < -0.3 is 15.8 Å². The average Bonchev–Trinajstić information content (AvgIpc) is 2.99. The molecule has 0 aliphatic carbocycles. The highest BCUT2D eigenvalue weighted by atomic mass is 16.5. The number of carbonyl (C=O) groups excluding carboxylic acids is 1. The Morgan fingerprint density at radius 3 is 2.86 bits per heavy atom. The van der Waals surface area contributed by atoms with Crippen molar-refractivity contribution in [2.45, 2.75) is 19.1 Å². The third kappa shape index (κ3) is 4.37. The maximum atomic E-state index is 11.8. The number of benzene rings is 1. The number of rotatable bonds is 7. The first kappa shape index (κ1) is 15.1. The lowest BCUT2D eigenvalue weighted by atomic mass is 10.1. The quantitative estimate of drug-likeness (QED) is 0.743. The van der Waals surface area contributed by atoms with Gasteiger partial charge in [0.1, 0.15) is 18.7 Å². The predicted octanol–water partition coefficient (Wildman–Crippen LogP) is -0.0837. The van der Waals surface area contributed by atoms with Crippen LogP contribution in [0.2, 0.25) is 0 Å². The van der Waals surface area contributed by atoms with E-state index in [4.69, 9.17) is 10.5 Å². The highest BCUT2D eigenvalue weighted by Gasteiger charge is 2.13. The van der Waals surface area contributed by atoms with E-state index in [2.05, 4.69) is 15.4 Å². The third-order valence-electron chi connectivity index (χ3n) is 3.05. The van der Waals surface area contributed by atoms with Gasteiger partial charge in [-0.3, -0.25) is 4.79 Å². The number of aromatic nitrogens is 3. The van der Waals surface area contributed by atoms with Gasteiger partial charge in [-0.1, -0.05) is 24.3 Å². The van der Waals surface area contributed by atoms with Crippen LogP contribution in [-0.2, 0) is 22.6 Å². The van der Waals surface area contributed by atoms with Gasteiger partial charge in [0, 0.05) is 13.7 Å². The number of nitrogens with zero attached hydrogens (tertiary/aromatic N) is 3. The van der Waals surface area contributed by atoms with Crippen molar-refractivity contribution < 1.29 is 9.53 Å². The largest absolute Gasteiger partial charge is 0.383 e. The number of hydrogen-bond acceptors (Lipinski definition) is 5. The molecule has 0 spiro atoms. The number of hydrogen-bond donors (Lipinski definition) is 2. The maximum absolute atomic E-state index is 11.8. The number of ether oxygens (including phenoxy) is 1. The molecule has 0 saturated carbocycles. The fourth-order valence-corrected chi connectivity index (χ4v) is 1.94. The zero-order valence-electron chi connectivity index (χ0n) is 11.9. The second-order valence-electron chi connectivity index (χ2n) is 4.64. The number of nitrogens with one attached hydrogen (secondary N) is 1. The lowest BCUT2D eigenvalue weighted by Crippen LogP contribution is -2.43. The van der Waals surface area contributed by atoms with Crippen molar-refractivity contribution in [1.82, 2.24) is 20.1 Å². The molecular weight excluding hydrogens is 270 g/mol. The molecule has 21 heavy (non-hydrogen) atoms. The molecule has 0 fully saturated rings. The van der Waals surface area contributed by atoms with E-state index in [9.17, 15) is 4.79 Å². The molecule has 2 rings (SSSR count). The minimum absolute atomic E-state index is 0.201. The summed E-state index contributed by atoms with van der Waals surface area (Å²) in [6, 6.07) is 7.19. The molecule has 7 heteroatoms. The molecule has 2 aromatic rings. The SMILES string of the molecule is COCC(N)C(=O)NCc1ccccc1Cn1cncn1. The Morgan fingerprint density at radius 2 is 2.19 bits per heavy atom. The van der Waals surface area contributed by atoms with Gasteiger partial charge in [0.25, 0.3) is 0 Å². The first-order valence-corrected chi connectivity index (χ1v) is 6.62. The normalized spacial score (nSPS) is 12.1. The number of amides is 1. The summed E-state index contributed by atoms with van der Waals surface area (Å²) in [5, 5.41) is 6.90. The highest BCUT2D eigenvalue weighted by molar-refractivity contribution is 5.81. The second-order valence-corrected chi connectivity index (χ2v) is 4.64. The molecule has 1 amide bonds. The molecule has 0 aliphatic heterocycles. The van der Waals surface area contributed by atoms with Crippen molar-refractivity contribution >= 4 is 5.91 Å². The van der Waals surface area contributed by atoms with Gasteiger partial charge in [0.15, 0.2) is 0 Å². The van der Waals surface area contributed by atoms with Crippen LogP contribution in [0.4, 0.5) is 0 Å². The van der Waals surface area contributed by atoms with Crippen LogP contribution >= 0.6 is 0 Å². The van der Waals surface area contributed by atoms with E-state index in [1.807, 2.05) is 24.3 Å². The van der Waals surface area contributed by atoms with Crippen molar-refractivity contribution in [3.8, 4) is 0 Å². The van der Waals surface area contributed by atoms with Crippen LogP contribution in [0.5, 0.6) is 0 Å². The molecule has 1 aromatic heterocycles. The zero-order chi connectivity index (χ0) is 15.1. The lowest BCUT2D eigenvalue weighted by molar-refractivity contribution is -0.123. The smallest absolute Gasteiger partial charge is 0.239 e. The van der Waals surface area contributed by atoms with Crippen molar-refractivity contribution in [2.75, 3.05) is 13.7 Å². The predicted molar refractivity (Wildman–Crippen MR) is 77.3 cm³/mol. The molecule has 0 aliphatic rings. The van der Waals surface area contributed by atoms with E-state index in [0.717, 1.165) is 11.1 Å². The summed E-state index contributed by atoms with van der Waals surface area (Å²) in [7, 11) is 1.51. The van der Waals surface area contributed by atoms with Gasteiger partial charge in [-0.25, -0.2) is 9.67 Å². The summed E-state index contributed by atoms with van der Waals surface area (Å²) in [5.74, 6) is -0.229. The molecule has 1 unspecified atom stereocenters. The molecular formula is C14H19N5O2. The van der Waals surface area contributed by atoms with Crippen LogP contribution < -0.4 is 11.1 Å². The molecule has 0 radical (unpaired) electrons. The van der Waals surface area contributed by atoms with Gasteiger partial charge in [0.2, 0.25) is 5.91 Å². The van der Waals surface area contributed by atoms with Crippen molar-refractivity contribution in [2.24, 2.45) is 5.73 Å². The van der Waals surface area contributed by atoms with Crippen LogP contribution in [-0.4, -0.2) is 40.4 Å². The molecule has 7 nitrogen and oxygen atoms in total. The Morgan fingerprint density at radius 1 is 1.43 bits per heavy atom. The van der Waals surface area contributed by atoms with Crippen LogP contribution in [0.25, 0.3) is 0 Å². The average molecular weight is 289 g/mol. The second kappa shape index (κ2) is 7.51. The Balaban J connectivity index is 1.98. The minimum Gasteiger partial charge on any atom is -0.383 e. The van der Waals surface area contributed by atoms with E-state index in [1.165, 1.54) is 13.4 Å². The number of nitrogens with two attached hydrogens (primary N) is 1. The zero-order valence-corrected chi connectivity index (χ0v) is 11.9. The molecule has 1 atom stereocenters. The highest BCUT2D eigenvalue weighted by Crippen LogP contribution is 2.10. The summed E-state index contributed by atoms with van der Waals surface area (Å²) in [6.07, 6.45) is 3.15. The van der Waals surface area contributed by atoms with E-state index >= 15 is 0 Å². The Bertz CT molecular complexity index is 571. The monoisotopic (exact) mass is 289 g/mol. The van der Waals surface area contributed by atoms with Crippen molar-refractivity contribution in [3.63, 3.8) is 0 Å². The van der Waals surface area contributed by atoms with E-state index in [1.54, 1.807) is 11.0 Å². The molecule has 0 bridgehead atoms. The van der Waals surface area contributed by atoms with E-state index < -0.39 is 6.04 Å². The summed E-state index contributed by atoms with van der Waals surface area (Å²) >= 11 is 0. The van der Waals surface area contributed by atoms with Gasteiger partial charge in [-0.05, 0) is 11.1 Å². The van der Waals surface area contributed by atoms with Gasteiger partial charge in [0.05, 0.1) is 13.2 Å². The lowest BCUT2D eigenvalue weighted by Gasteiger charge is -2.13. The van der Waals surface area contributed by atoms with Gasteiger partial charge in [-0.2, -0.15) is 5.10 Å². The fraction of sp³-hybridized carbons (Fsp3) is 0.357. The molecule has 112 valence electrons. The number of carbonyl (C=O) groups is 1. The summed E-state index contributed by atoms with van der Waals surface area (Å²) in [5.41, 5.74) is 7.77. The minimum atomic E-state index is -0.655. The Kier molecular flexibility index (Phi) is 5.42. The summed E-state index contributed by atoms with van der Waals surface area (Å²) in [6.45, 7) is 1.23. The maximum Gasteiger partial charge on any atom is 0.239 e. The summed E-state index contributed by atoms with van der Waals surface area (Å²) in [4.78, 5) is 15.7.